The molecule has 3 aromatic heterocycles. The molecule has 3 heterocycles. The van der Waals surface area contributed by atoms with E-state index in [4.69, 9.17) is 4.42 Å². The van der Waals surface area contributed by atoms with Crippen molar-refractivity contribution in [1.82, 2.24) is 24.5 Å². The van der Waals surface area contributed by atoms with Gasteiger partial charge in [0.15, 0.2) is 4.96 Å². The number of rotatable bonds is 5. The minimum absolute atomic E-state index is 0.0595. The third kappa shape index (κ3) is 3.01. The summed E-state index contributed by atoms with van der Waals surface area (Å²) in [5.74, 6) is 1.21. The lowest BCUT2D eigenvalue weighted by Crippen LogP contribution is -2.21. The van der Waals surface area contributed by atoms with Gasteiger partial charge in [0.05, 0.1) is 12.2 Å². The highest BCUT2D eigenvalue weighted by Gasteiger charge is 2.10. The SMILES string of the molecule is CCc1nnc(CN(C)Cc2cc(=O)n3ccsc3n2)o1. The molecule has 0 aliphatic heterocycles. The molecule has 110 valence electrons. The third-order valence-electron chi connectivity index (χ3n) is 3.00. The summed E-state index contributed by atoms with van der Waals surface area (Å²) < 4.78 is 7.02. The van der Waals surface area contributed by atoms with Gasteiger partial charge in [-0.15, -0.1) is 21.5 Å². The first-order valence-electron chi connectivity index (χ1n) is 6.61. The van der Waals surface area contributed by atoms with Crippen molar-refractivity contribution in [1.29, 1.82) is 0 Å². The molecule has 0 fully saturated rings. The van der Waals surface area contributed by atoms with Crippen LogP contribution in [0.2, 0.25) is 0 Å². The summed E-state index contributed by atoms with van der Waals surface area (Å²) in [6.45, 7) is 3.04. The van der Waals surface area contributed by atoms with Gasteiger partial charge in [0, 0.05) is 30.6 Å². The fourth-order valence-corrected chi connectivity index (χ4v) is 2.77. The molecule has 0 N–H and O–H groups in total. The van der Waals surface area contributed by atoms with Gasteiger partial charge >= 0.3 is 0 Å². The maximum Gasteiger partial charge on any atom is 0.258 e. The number of aromatic nitrogens is 4. The lowest BCUT2D eigenvalue weighted by atomic mass is 10.3. The summed E-state index contributed by atoms with van der Waals surface area (Å²) in [6, 6.07) is 1.56. The topological polar surface area (TPSA) is 76.5 Å². The van der Waals surface area contributed by atoms with Gasteiger partial charge in [0.1, 0.15) is 0 Å². The van der Waals surface area contributed by atoms with E-state index in [2.05, 4.69) is 15.2 Å². The molecular weight excluding hydrogens is 290 g/mol. The normalized spacial score (nSPS) is 11.6. The molecule has 3 rings (SSSR count). The molecule has 8 heteroatoms. The highest BCUT2D eigenvalue weighted by Crippen LogP contribution is 2.09. The van der Waals surface area contributed by atoms with Crippen molar-refractivity contribution in [2.45, 2.75) is 26.4 Å². The van der Waals surface area contributed by atoms with E-state index in [-0.39, 0.29) is 5.56 Å². The Morgan fingerprint density at radius 2 is 2.14 bits per heavy atom. The average Bonchev–Trinajstić information content (AvgIpc) is 3.07. The predicted molar refractivity (Wildman–Crippen MR) is 78.2 cm³/mol. The van der Waals surface area contributed by atoms with Gasteiger partial charge in [0.2, 0.25) is 11.8 Å². The molecule has 0 aromatic carbocycles. The zero-order valence-electron chi connectivity index (χ0n) is 11.8. The average molecular weight is 305 g/mol. The van der Waals surface area contributed by atoms with Crippen LogP contribution in [-0.4, -0.2) is 31.5 Å². The van der Waals surface area contributed by atoms with E-state index in [0.29, 0.717) is 29.8 Å². The first-order chi connectivity index (χ1) is 10.2. The van der Waals surface area contributed by atoms with Gasteiger partial charge in [-0.2, -0.15) is 0 Å². The predicted octanol–water partition coefficient (Wildman–Crippen LogP) is 1.33. The minimum Gasteiger partial charge on any atom is -0.424 e. The van der Waals surface area contributed by atoms with Crippen LogP contribution >= 0.6 is 11.3 Å². The van der Waals surface area contributed by atoms with Gasteiger partial charge in [-0.3, -0.25) is 14.1 Å². The Bertz CT molecular complexity index is 806. The molecule has 21 heavy (non-hydrogen) atoms. The van der Waals surface area contributed by atoms with Crippen molar-refractivity contribution in [2.24, 2.45) is 0 Å². The molecule has 0 saturated carbocycles. The first-order valence-corrected chi connectivity index (χ1v) is 7.49. The van der Waals surface area contributed by atoms with E-state index < -0.39 is 0 Å². The van der Waals surface area contributed by atoms with Gasteiger partial charge in [-0.05, 0) is 7.05 Å². The lowest BCUT2D eigenvalue weighted by molar-refractivity contribution is 0.275. The lowest BCUT2D eigenvalue weighted by Gasteiger charge is -2.13. The standard InChI is InChI=1S/C13H15N5O2S/c1-3-10-15-16-11(20-10)8-17(2)7-9-6-12(19)18-4-5-21-13(18)14-9/h4-6H,3,7-8H2,1-2H3. The van der Waals surface area contributed by atoms with Gasteiger partial charge < -0.3 is 4.42 Å². The fourth-order valence-electron chi connectivity index (χ4n) is 2.03. The smallest absolute Gasteiger partial charge is 0.258 e. The second-order valence-electron chi connectivity index (χ2n) is 4.76. The third-order valence-corrected chi connectivity index (χ3v) is 3.76. The van der Waals surface area contributed by atoms with Crippen LogP contribution in [0.1, 0.15) is 24.4 Å². The molecule has 0 unspecified atom stereocenters. The second-order valence-corrected chi connectivity index (χ2v) is 5.63. The van der Waals surface area contributed by atoms with Crippen molar-refractivity contribution in [3.05, 3.63) is 45.5 Å². The molecule has 0 radical (unpaired) electrons. The molecule has 7 nitrogen and oxygen atoms in total. The zero-order valence-corrected chi connectivity index (χ0v) is 12.6. The molecule has 0 aliphatic rings. The molecular formula is C13H15N5O2S. The van der Waals surface area contributed by atoms with E-state index in [1.165, 1.54) is 11.3 Å². The van der Waals surface area contributed by atoms with Gasteiger partial charge in [-0.1, -0.05) is 6.92 Å². The van der Waals surface area contributed by atoms with Crippen molar-refractivity contribution in [3.8, 4) is 0 Å². The monoisotopic (exact) mass is 305 g/mol. The molecule has 0 saturated heterocycles. The molecule has 0 spiro atoms. The van der Waals surface area contributed by atoms with Gasteiger partial charge in [0.25, 0.3) is 5.56 Å². The number of aryl methyl sites for hydroxylation is 1. The van der Waals surface area contributed by atoms with Crippen LogP contribution < -0.4 is 5.56 Å². The Morgan fingerprint density at radius 3 is 2.90 bits per heavy atom. The number of hydrogen-bond acceptors (Lipinski definition) is 7. The van der Waals surface area contributed by atoms with Gasteiger partial charge in [-0.25, -0.2) is 4.98 Å². The first kappa shape index (κ1) is 13.9. The molecule has 0 bridgehead atoms. The minimum atomic E-state index is -0.0595. The van der Waals surface area contributed by atoms with Crippen LogP contribution in [-0.2, 0) is 19.5 Å². The highest BCUT2D eigenvalue weighted by atomic mass is 32.1. The second kappa shape index (κ2) is 5.74. The molecule has 0 amide bonds. The van der Waals surface area contributed by atoms with E-state index >= 15 is 0 Å². The number of thiazole rings is 1. The molecule has 0 atom stereocenters. The summed E-state index contributed by atoms with van der Waals surface area (Å²) in [4.78, 5) is 19.1. The molecule has 0 aliphatic carbocycles. The Balaban J connectivity index is 1.73. The van der Waals surface area contributed by atoms with Crippen molar-refractivity contribution < 1.29 is 4.42 Å². The highest BCUT2D eigenvalue weighted by molar-refractivity contribution is 7.15. The Hall–Kier alpha value is -2.06. The largest absolute Gasteiger partial charge is 0.424 e. The van der Waals surface area contributed by atoms with Crippen molar-refractivity contribution in [2.75, 3.05) is 7.05 Å². The van der Waals surface area contributed by atoms with Crippen LogP contribution in [0.15, 0.2) is 26.9 Å². The van der Waals surface area contributed by atoms with Crippen molar-refractivity contribution in [3.63, 3.8) is 0 Å². The van der Waals surface area contributed by atoms with E-state index in [1.54, 1.807) is 16.7 Å². The fraction of sp³-hybridized carbons (Fsp3) is 0.385. The Kier molecular flexibility index (Phi) is 3.80. The quantitative estimate of drug-likeness (QED) is 0.708. The Morgan fingerprint density at radius 1 is 1.33 bits per heavy atom. The van der Waals surface area contributed by atoms with E-state index in [1.807, 2.05) is 24.3 Å². The maximum absolute atomic E-state index is 11.9. The summed E-state index contributed by atoms with van der Waals surface area (Å²) in [6.07, 6.45) is 2.46. The van der Waals surface area contributed by atoms with Crippen LogP contribution in [0.5, 0.6) is 0 Å². The summed E-state index contributed by atoms with van der Waals surface area (Å²) >= 11 is 1.45. The molecule has 3 aromatic rings. The number of fused-ring (bicyclic) bond motifs is 1. The Labute approximate surface area is 124 Å². The summed E-state index contributed by atoms with van der Waals surface area (Å²) in [5.41, 5.74) is 0.677. The van der Waals surface area contributed by atoms with E-state index in [0.717, 1.165) is 12.1 Å². The van der Waals surface area contributed by atoms with Crippen molar-refractivity contribution >= 4 is 16.3 Å². The van der Waals surface area contributed by atoms with Crippen LogP contribution in [0.3, 0.4) is 0 Å². The zero-order chi connectivity index (χ0) is 14.8. The summed E-state index contributed by atoms with van der Waals surface area (Å²) in [7, 11) is 1.92. The number of nitrogens with zero attached hydrogens (tertiary/aromatic N) is 5. The maximum atomic E-state index is 11.9. The number of hydrogen-bond donors (Lipinski definition) is 0. The van der Waals surface area contributed by atoms with Crippen LogP contribution in [0.4, 0.5) is 0 Å². The van der Waals surface area contributed by atoms with Crippen LogP contribution in [0, 0.1) is 0 Å². The summed E-state index contributed by atoms with van der Waals surface area (Å²) in [5, 5.41) is 9.77. The van der Waals surface area contributed by atoms with E-state index in [9.17, 15) is 4.79 Å². The van der Waals surface area contributed by atoms with Crippen LogP contribution in [0.25, 0.3) is 4.96 Å².